The minimum atomic E-state index is 0. The molecular formula is C13H20ClN3O. The van der Waals surface area contributed by atoms with Crippen molar-refractivity contribution in [1.29, 1.82) is 0 Å². The van der Waals surface area contributed by atoms with Crippen LogP contribution in [0.25, 0.3) is 0 Å². The van der Waals surface area contributed by atoms with E-state index in [9.17, 15) is 4.79 Å². The third-order valence-corrected chi connectivity index (χ3v) is 3.06. The van der Waals surface area contributed by atoms with E-state index in [0.717, 1.165) is 37.4 Å². The molecule has 0 aliphatic carbocycles. The van der Waals surface area contributed by atoms with E-state index in [-0.39, 0.29) is 18.4 Å². The van der Waals surface area contributed by atoms with Gasteiger partial charge in [0.25, 0.3) is 0 Å². The van der Waals surface area contributed by atoms with Gasteiger partial charge in [0.05, 0.1) is 0 Å². The number of urea groups is 1. The van der Waals surface area contributed by atoms with Gasteiger partial charge in [-0.15, -0.1) is 12.4 Å². The number of nitrogens with zero attached hydrogens (tertiary/aromatic N) is 2. The fourth-order valence-electron chi connectivity index (χ4n) is 1.93. The van der Waals surface area contributed by atoms with Crippen LogP contribution in [0.1, 0.15) is 5.56 Å². The molecule has 1 aromatic rings. The Balaban J connectivity index is 0.00000162. The van der Waals surface area contributed by atoms with Gasteiger partial charge >= 0.3 is 6.03 Å². The molecule has 1 aliphatic heterocycles. The first-order chi connectivity index (χ1) is 8.15. The van der Waals surface area contributed by atoms with Gasteiger partial charge in [-0.3, -0.25) is 0 Å². The maximum Gasteiger partial charge on any atom is 0.321 e. The predicted octanol–water partition coefficient (Wildman–Crippen LogP) is 2.20. The lowest BCUT2D eigenvalue weighted by Gasteiger charge is -2.32. The van der Waals surface area contributed by atoms with Crippen molar-refractivity contribution in [3.05, 3.63) is 29.8 Å². The van der Waals surface area contributed by atoms with Crippen LogP contribution in [0.3, 0.4) is 0 Å². The van der Waals surface area contributed by atoms with E-state index >= 15 is 0 Å². The average Bonchev–Trinajstić information content (AvgIpc) is 2.29. The molecule has 0 unspecified atom stereocenters. The minimum Gasteiger partial charge on any atom is -0.322 e. The monoisotopic (exact) mass is 269 g/mol. The molecule has 0 saturated carbocycles. The summed E-state index contributed by atoms with van der Waals surface area (Å²) < 4.78 is 0. The van der Waals surface area contributed by atoms with Crippen molar-refractivity contribution in [2.75, 3.05) is 38.5 Å². The first-order valence-corrected chi connectivity index (χ1v) is 5.96. The summed E-state index contributed by atoms with van der Waals surface area (Å²) in [5, 5.41) is 2.94. The molecule has 0 aromatic heterocycles. The maximum absolute atomic E-state index is 12.0. The Kier molecular flexibility index (Phi) is 5.44. The summed E-state index contributed by atoms with van der Waals surface area (Å²) in [6.45, 7) is 5.51. The molecule has 18 heavy (non-hydrogen) atoms. The van der Waals surface area contributed by atoms with Crippen LogP contribution < -0.4 is 5.32 Å². The zero-order valence-electron chi connectivity index (χ0n) is 10.8. The number of likely N-dealkylation sites (N-methyl/N-ethyl adjacent to an activating group) is 1. The van der Waals surface area contributed by atoms with Crippen molar-refractivity contribution >= 4 is 24.1 Å². The normalized spacial score (nSPS) is 16.0. The third-order valence-electron chi connectivity index (χ3n) is 3.06. The highest BCUT2D eigenvalue weighted by Gasteiger charge is 2.18. The van der Waals surface area contributed by atoms with Gasteiger partial charge in [-0.05, 0) is 31.7 Å². The smallest absolute Gasteiger partial charge is 0.321 e. The summed E-state index contributed by atoms with van der Waals surface area (Å²) in [5.74, 6) is 0. The quantitative estimate of drug-likeness (QED) is 0.848. The molecule has 1 N–H and O–H groups in total. The highest BCUT2D eigenvalue weighted by Crippen LogP contribution is 2.11. The SMILES string of the molecule is Cc1cccc(NC(=O)N2CCN(C)CC2)c1.Cl. The van der Waals surface area contributed by atoms with Crippen molar-refractivity contribution in [3.8, 4) is 0 Å². The number of carbonyl (C=O) groups excluding carboxylic acids is 1. The highest BCUT2D eigenvalue weighted by molar-refractivity contribution is 5.89. The van der Waals surface area contributed by atoms with Crippen LogP contribution in [0.2, 0.25) is 0 Å². The van der Waals surface area contributed by atoms with Gasteiger partial charge in [-0.25, -0.2) is 4.79 Å². The molecule has 2 rings (SSSR count). The topological polar surface area (TPSA) is 35.6 Å². The number of hydrogen-bond acceptors (Lipinski definition) is 2. The van der Waals surface area contributed by atoms with Crippen molar-refractivity contribution in [2.24, 2.45) is 0 Å². The van der Waals surface area contributed by atoms with Crippen molar-refractivity contribution in [1.82, 2.24) is 9.80 Å². The highest BCUT2D eigenvalue weighted by atomic mass is 35.5. The number of rotatable bonds is 1. The van der Waals surface area contributed by atoms with E-state index in [1.54, 1.807) is 0 Å². The number of benzene rings is 1. The number of anilines is 1. The van der Waals surface area contributed by atoms with Gasteiger partial charge < -0.3 is 15.1 Å². The minimum absolute atomic E-state index is 0. The van der Waals surface area contributed by atoms with Gasteiger partial charge in [-0.1, -0.05) is 12.1 Å². The molecule has 0 bridgehead atoms. The van der Waals surface area contributed by atoms with Crippen LogP contribution >= 0.6 is 12.4 Å². The molecule has 0 atom stereocenters. The summed E-state index contributed by atoms with van der Waals surface area (Å²) in [5.41, 5.74) is 2.02. The standard InChI is InChI=1S/C13H19N3O.ClH/c1-11-4-3-5-12(10-11)14-13(17)16-8-6-15(2)7-9-16;/h3-5,10H,6-9H2,1-2H3,(H,14,17);1H. The summed E-state index contributed by atoms with van der Waals surface area (Å²) in [6, 6.07) is 7.87. The van der Waals surface area contributed by atoms with Crippen LogP contribution in [0.5, 0.6) is 0 Å². The van der Waals surface area contributed by atoms with Crippen LogP contribution in [0.4, 0.5) is 10.5 Å². The molecule has 1 fully saturated rings. The Morgan fingerprint density at radius 3 is 2.50 bits per heavy atom. The Hall–Kier alpha value is -1.26. The third kappa shape index (κ3) is 3.89. The van der Waals surface area contributed by atoms with Gasteiger partial charge in [0.2, 0.25) is 0 Å². The summed E-state index contributed by atoms with van der Waals surface area (Å²) in [4.78, 5) is 16.1. The lowest BCUT2D eigenvalue weighted by atomic mass is 10.2. The maximum atomic E-state index is 12.0. The second-order valence-corrected chi connectivity index (χ2v) is 4.59. The molecule has 1 heterocycles. The summed E-state index contributed by atoms with van der Waals surface area (Å²) in [7, 11) is 2.08. The van der Waals surface area contributed by atoms with Crippen LogP contribution in [0.15, 0.2) is 24.3 Å². The summed E-state index contributed by atoms with van der Waals surface area (Å²) in [6.07, 6.45) is 0. The number of halogens is 1. The van der Waals surface area contributed by atoms with E-state index in [1.807, 2.05) is 36.1 Å². The Bertz CT molecular complexity index is 403. The molecule has 5 heteroatoms. The van der Waals surface area contributed by atoms with E-state index < -0.39 is 0 Å². The van der Waals surface area contributed by atoms with Gasteiger partial charge in [-0.2, -0.15) is 0 Å². The number of hydrogen-bond donors (Lipinski definition) is 1. The number of carbonyl (C=O) groups is 1. The first kappa shape index (κ1) is 14.8. The van der Waals surface area contributed by atoms with E-state index in [1.165, 1.54) is 0 Å². The predicted molar refractivity (Wildman–Crippen MR) is 76.5 cm³/mol. The van der Waals surface area contributed by atoms with Gasteiger partial charge in [0, 0.05) is 31.9 Å². The van der Waals surface area contributed by atoms with Crippen LogP contribution in [-0.2, 0) is 0 Å². The number of amides is 2. The molecule has 2 amide bonds. The molecule has 4 nitrogen and oxygen atoms in total. The molecule has 1 saturated heterocycles. The number of aryl methyl sites for hydroxylation is 1. The molecule has 100 valence electrons. The van der Waals surface area contributed by atoms with E-state index in [2.05, 4.69) is 17.3 Å². The van der Waals surface area contributed by atoms with Crippen molar-refractivity contribution in [2.45, 2.75) is 6.92 Å². The van der Waals surface area contributed by atoms with E-state index in [0.29, 0.717) is 0 Å². The van der Waals surface area contributed by atoms with Gasteiger partial charge in [0.1, 0.15) is 0 Å². The van der Waals surface area contributed by atoms with Crippen LogP contribution in [0, 0.1) is 6.92 Å². The molecule has 0 spiro atoms. The Labute approximate surface area is 114 Å². The Morgan fingerprint density at radius 2 is 1.89 bits per heavy atom. The number of nitrogens with one attached hydrogen (secondary N) is 1. The van der Waals surface area contributed by atoms with Crippen molar-refractivity contribution in [3.63, 3.8) is 0 Å². The largest absolute Gasteiger partial charge is 0.322 e. The zero-order chi connectivity index (χ0) is 12.3. The Morgan fingerprint density at radius 1 is 1.22 bits per heavy atom. The van der Waals surface area contributed by atoms with Gasteiger partial charge in [0.15, 0.2) is 0 Å². The average molecular weight is 270 g/mol. The molecular weight excluding hydrogens is 250 g/mol. The first-order valence-electron chi connectivity index (χ1n) is 5.96. The second kappa shape index (κ2) is 6.61. The zero-order valence-corrected chi connectivity index (χ0v) is 11.7. The molecule has 0 radical (unpaired) electrons. The molecule has 1 aliphatic rings. The van der Waals surface area contributed by atoms with E-state index in [4.69, 9.17) is 0 Å². The fraction of sp³-hybridized carbons (Fsp3) is 0.462. The van der Waals surface area contributed by atoms with Crippen molar-refractivity contribution < 1.29 is 4.79 Å². The van der Waals surface area contributed by atoms with Crippen LogP contribution in [-0.4, -0.2) is 49.1 Å². The number of piperazine rings is 1. The lowest BCUT2D eigenvalue weighted by Crippen LogP contribution is -2.48. The second-order valence-electron chi connectivity index (χ2n) is 4.59. The lowest BCUT2D eigenvalue weighted by molar-refractivity contribution is 0.164. The fourth-order valence-corrected chi connectivity index (χ4v) is 1.93. The summed E-state index contributed by atoms with van der Waals surface area (Å²) >= 11 is 0. The molecule has 1 aromatic carbocycles.